The molecule has 1 unspecified atom stereocenters. The van der Waals surface area contributed by atoms with E-state index < -0.39 is 29.6 Å². The third-order valence-corrected chi connectivity index (χ3v) is 4.68. The van der Waals surface area contributed by atoms with Crippen LogP contribution in [0, 0.1) is 40.7 Å². The number of carbonyl (C=O) groups excluding carboxylic acids is 2. The molecule has 2 radical (unpaired) electrons. The molecule has 29 heavy (non-hydrogen) atoms. The number of carbonyl (C=O) groups is 2. The number of amides is 2. The number of nitrogens with zero attached hydrogens (tertiary/aromatic N) is 3. The van der Waals surface area contributed by atoms with Gasteiger partial charge in [-0.05, 0) is 31.6 Å². The second-order valence-corrected chi connectivity index (χ2v) is 6.61. The molecule has 0 bridgehead atoms. The number of hydrogen-bond acceptors (Lipinski definition) is 6. The highest BCUT2D eigenvalue weighted by molar-refractivity contribution is 6.03. The number of aliphatic imine (C=N–C) groups is 1. The highest BCUT2D eigenvalue weighted by Crippen LogP contribution is 2.33. The van der Waals surface area contributed by atoms with Crippen LogP contribution in [0.3, 0.4) is 0 Å². The molecular weight excluding hydrogens is 375 g/mol. The second kappa shape index (κ2) is 8.11. The summed E-state index contributed by atoms with van der Waals surface area (Å²) in [5, 5.41) is 26.2. The largest absolute Gasteiger partial charge is 0.353 e. The first-order chi connectivity index (χ1) is 13.8. The zero-order chi connectivity index (χ0) is 21.1. The number of nitriles is 2. The Morgan fingerprint density at radius 3 is 2.86 bits per heavy atom. The maximum Gasteiger partial charge on any atom is 0.249 e. The van der Waals surface area contributed by atoms with Crippen molar-refractivity contribution >= 4 is 18.0 Å². The summed E-state index contributed by atoms with van der Waals surface area (Å²) in [5.41, 5.74) is 1.55. The quantitative estimate of drug-likeness (QED) is 0.665. The van der Waals surface area contributed by atoms with Gasteiger partial charge in [-0.25, -0.2) is 4.39 Å². The summed E-state index contributed by atoms with van der Waals surface area (Å²) in [4.78, 5) is 28.9. The topological polar surface area (TPSA) is 130 Å². The standard InChI is InChI=1S/C20H17FN6O2/c1-10-13(20(29)27-15-3-4-24-16(8-23)18(10)15)6-17(28)26-11(2)19-14(21)5-12(7-22)9-25-19/h3-5,9,11-12,24H,6H2,1-2H3,(H,26,28)(H,27,29)/t11-,12?/m0/s1. The van der Waals surface area contributed by atoms with E-state index >= 15 is 0 Å². The summed E-state index contributed by atoms with van der Waals surface area (Å²) in [7, 11) is 0. The average molecular weight is 392 g/mol. The van der Waals surface area contributed by atoms with Gasteiger partial charge in [0.1, 0.15) is 29.6 Å². The lowest BCUT2D eigenvalue weighted by molar-refractivity contribution is -0.123. The number of halogens is 1. The Balaban J connectivity index is 1.74. The summed E-state index contributed by atoms with van der Waals surface area (Å²) >= 11 is 0. The van der Waals surface area contributed by atoms with Crippen LogP contribution in [0.15, 0.2) is 51.6 Å². The Morgan fingerprint density at radius 2 is 2.21 bits per heavy atom. The van der Waals surface area contributed by atoms with Crippen LogP contribution in [0.2, 0.25) is 0 Å². The van der Waals surface area contributed by atoms with E-state index in [1.165, 1.54) is 6.21 Å². The SMILES string of the molecule is CC1=C(CC(=O)N[C@@H](C)[C]2N=CC(C#N)C=C2F)C(=O)N[C]2C=CNC(C#N)=C21. The molecule has 0 saturated carbocycles. The molecule has 2 amide bonds. The molecule has 3 N–H and O–H groups in total. The van der Waals surface area contributed by atoms with Crippen molar-refractivity contribution in [1.82, 2.24) is 16.0 Å². The van der Waals surface area contributed by atoms with Crippen LogP contribution in [0.5, 0.6) is 0 Å². The van der Waals surface area contributed by atoms with Crippen molar-refractivity contribution < 1.29 is 14.0 Å². The van der Waals surface area contributed by atoms with E-state index in [2.05, 4.69) is 20.9 Å². The van der Waals surface area contributed by atoms with Crippen LogP contribution in [0.4, 0.5) is 4.39 Å². The molecule has 9 heteroatoms. The number of hydrogen-bond donors (Lipinski definition) is 3. The van der Waals surface area contributed by atoms with E-state index in [-0.39, 0.29) is 23.7 Å². The third kappa shape index (κ3) is 3.94. The van der Waals surface area contributed by atoms with E-state index in [0.717, 1.165) is 6.08 Å². The molecule has 0 aromatic carbocycles. The van der Waals surface area contributed by atoms with E-state index in [1.54, 1.807) is 26.1 Å². The van der Waals surface area contributed by atoms with Gasteiger partial charge < -0.3 is 16.0 Å². The van der Waals surface area contributed by atoms with Gasteiger partial charge in [-0.15, -0.1) is 0 Å². The first-order valence-corrected chi connectivity index (χ1v) is 8.79. The molecule has 3 aliphatic heterocycles. The van der Waals surface area contributed by atoms with E-state index in [0.29, 0.717) is 17.2 Å². The van der Waals surface area contributed by atoms with Crippen LogP contribution < -0.4 is 16.0 Å². The maximum absolute atomic E-state index is 14.1. The number of dihydropyridines is 2. The number of fused-ring (bicyclic) bond motifs is 1. The van der Waals surface area contributed by atoms with Crippen molar-refractivity contribution in [3.8, 4) is 12.1 Å². The predicted octanol–water partition coefficient (Wildman–Crippen LogP) is 1.36. The van der Waals surface area contributed by atoms with Gasteiger partial charge in [0.05, 0.1) is 18.5 Å². The molecule has 0 aromatic heterocycles. The third-order valence-electron chi connectivity index (χ3n) is 4.68. The van der Waals surface area contributed by atoms with Crippen molar-refractivity contribution in [2.45, 2.75) is 26.3 Å². The van der Waals surface area contributed by atoms with Crippen molar-refractivity contribution in [3.05, 3.63) is 58.7 Å². The molecule has 0 aromatic rings. The van der Waals surface area contributed by atoms with Gasteiger partial charge in [-0.1, -0.05) is 0 Å². The Morgan fingerprint density at radius 1 is 1.45 bits per heavy atom. The zero-order valence-electron chi connectivity index (χ0n) is 15.7. The lowest BCUT2D eigenvalue weighted by Gasteiger charge is -2.30. The van der Waals surface area contributed by atoms with Gasteiger partial charge in [0, 0.05) is 23.6 Å². The van der Waals surface area contributed by atoms with Gasteiger partial charge >= 0.3 is 0 Å². The Bertz CT molecular complexity index is 991. The molecule has 0 spiro atoms. The molecule has 0 saturated heterocycles. The van der Waals surface area contributed by atoms with Gasteiger partial charge in [0.15, 0.2) is 6.04 Å². The smallest absolute Gasteiger partial charge is 0.249 e. The highest BCUT2D eigenvalue weighted by atomic mass is 19.1. The summed E-state index contributed by atoms with van der Waals surface area (Å²) in [6, 6.07) is 3.65. The molecule has 3 aliphatic rings. The molecule has 2 atom stereocenters. The number of allylic oxidation sites excluding steroid dienone is 2. The minimum Gasteiger partial charge on any atom is -0.353 e. The van der Waals surface area contributed by atoms with Gasteiger partial charge in [0.2, 0.25) is 11.8 Å². The van der Waals surface area contributed by atoms with Gasteiger partial charge in [-0.2, -0.15) is 10.5 Å². The maximum atomic E-state index is 14.1. The molecule has 3 heterocycles. The minimum absolute atomic E-state index is 0.00959. The predicted molar refractivity (Wildman–Crippen MR) is 101 cm³/mol. The molecule has 146 valence electrons. The lowest BCUT2D eigenvalue weighted by atomic mass is 9.86. The highest BCUT2D eigenvalue weighted by Gasteiger charge is 2.34. The van der Waals surface area contributed by atoms with Crippen LogP contribution in [-0.4, -0.2) is 24.1 Å². The number of rotatable bonds is 4. The fraction of sp³-hybridized carbons (Fsp3) is 0.250. The van der Waals surface area contributed by atoms with Crippen LogP contribution in [0.25, 0.3) is 0 Å². The first kappa shape index (κ1) is 20.0. The summed E-state index contributed by atoms with van der Waals surface area (Å²) < 4.78 is 14.1. The second-order valence-electron chi connectivity index (χ2n) is 6.61. The van der Waals surface area contributed by atoms with E-state index in [4.69, 9.17) is 5.26 Å². The molecular formula is C20H17FN6O2. The van der Waals surface area contributed by atoms with Crippen LogP contribution >= 0.6 is 0 Å². The number of nitrogens with one attached hydrogen (secondary N) is 3. The normalized spacial score (nSPS) is 22.7. The Kier molecular flexibility index (Phi) is 5.60. The average Bonchev–Trinajstić information content (AvgIpc) is 2.70. The lowest BCUT2D eigenvalue weighted by Crippen LogP contribution is -2.41. The molecule has 3 rings (SSSR count). The van der Waals surface area contributed by atoms with Crippen LogP contribution in [0.1, 0.15) is 20.3 Å². The zero-order valence-corrected chi connectivity index (χ0v) is 15.7. The van der Waals surface area contributed by atoms with Crippen molar-refractivity contribution in [2.24, 2.45) is 10.9 Å². The van der Waals surface area contributed by atoms with Crippen molar-refractivity contribution in [1.29, 1.82) is 10.5 Å². The van der Waals surface area contributed by atoms with Gasteiger partial charge in [0.25, 0.3) is 0 Å². The van der Waals surface area contributed by atoms with Crippen molar-refractivity contribution in [2.75, 3.05) is 0 Å². The Labute approximate surface area is 167 Å². The van der Waals surface area contributed by atoms with E-state index in [9.17, 15) is 19.2 Å². The Hall–Kier alpha value is -3.72. The van der Waals surface area contributed by atoms with Crippen LogP contribution in [-0.2, 0) is 9.59 Å². The fourth-order valence-electron chi connectivity index (χ4n) is 3.23. The summed E-state index contributed by atoms with van der Waals surface area (Å²) in [6.07, 6.45) is 5.37. The molecule has 8 nitrogen and oxygen atoms in total. The minimum atomic E-state index is -0.752. The molecule has 0 aliphatic carbocycles. The van der Waals surface area contributed by atoms with Gasteiger partial charge in [-0.3, -0.25) is 14.6 Å². The first-order valence-electron chi connectivity index (χ1n) is 8.79. The summed E-state index contributed by atoms with van der Waals surface area (Å²) in [5.74, 6) is -2.34. The molecule has 0 fully saturated rings. The monoisotopic (exact) mass is 392 g/mol. The van der Waals surface area contributed by atoms with Crippen molar-refractivity contribution in [3.63, 3.8) is 0 Å². The fourth-order valence-corrected chi connectivity index (χ4v) is 3.23. The van der Waals surface area contributed by atoms with E-state index in [1.807, 2.05) is 12.1 Å². The summed E-state index contributed by atoms with van der Waals surface area (Å²) in [6.45, 7) is 3.23.